The Morgan fingerprint density at radius 2 is 2.09 bits per heavy atom. The molecule has 4 rings (SSSR count). The highest BCUT2D eigenvalue weighted by Crippen LogP contribution is 2.37. The second-order valence-electron chi connectivity index (χ2n) is 5.61. The van der Waals surface area contributed by atoms with Crippen LogP contribution in [-0.4, -0.2) is 26.6 Å². The third-order valence-electron chi connectivity index (χ3n) is 3.91. The maximum absolute atomic E-state index is 5.41. The van der Waals surface area contributed by atoms with Gasteiger partial charge in [-0.15, -0.1) is 0 Å². The Hall–Kier alpha value is -2.63. The smallest absolute Gasteiger partial charge is 0.165 e. The maximum Gasteiger partial charge on any atom is 0.165 e. The van der Waals surface area contributed by atoms with Gasteiger partial charge in [0.05, 0.1) is 19.1 Å². The van der Waals surface area contributed by atoms with Gasteiger partial charge in [0.15, 0.2) is 17.0 Å². The number of nitrogens with zero attached hydrogens (tertiary/aromatic N) is 4. The first kappa shape index (κ1) is 13.1. The molecule has 1 aliphatic carbocycles. The SMILES string of the molecule is COc1ccc(C)cc1Nc1ncnc2c1ncn2C1CC1. The van der Waals surface area contributed by atoms with Gasteiger partial charge in [0.2, 0.25) is 0 Å². The van der Waals surface area contributed by atoms with Crippen molar-refractivity contribution < 1.29 is 4.74 Å². The van der Waals surface area contributed by atoms with E-state index < -0.39 is 0 Å². The van der Waals surface area contributed by atoms with E-state index >= 15 is 0 Å². The van der Waals surface area contributed by atoms with Crippen LogP contribution in [0.25, 0.3) is 11.2 Å². The minimum Gasteiger partial charge on any atom is -0.495 e. The van der Waals surface area contributed by atoms with E-state index in [2.05, 4.69) is 24.8 Å². The van der Waals surface area contributed by atoms with Crippen molar-refractivity contribution in [1.82, 2.24) is 19.5 Å². The number of ether oxygens (including phenoxy) is 1. The lowest BCUT2D eigenvalue weighted by atomic mass is 10.2. The number of hydrogen-bond donors (Lipinski definition) is 1. The van der Waals surface area contributed by atoms with Crippen molar-refractivity contribution >= 4 is 22.7 Å². The van der Waals surface area contributed by atoms with Crippen LogP contribution in [0.1, 0.15) is 24.4 Å². The first-order valence-corrected chi connectivity index (χ1v) is 7.35. The highest BCUT2D eigenvalue weighted by Gasteiger charge is 2.26. The maximum atomic E-state index is 5.41. The topological polar surface area (TPSA) is 64.9 Å². The van der Waals surface area contributed by atoms with Gasteiger partial charge in [0, 0.05) is 6.04 Å². The standard InChI is InChI=1S/C16H17N5O/c1-10-3-6-13(22-2)12(7-10)20-15-14-16(18-8-17-15)21(9-19-14)11-4-5-11/h3,6-9,11H,4-5H2,1-2H3,(H,17,18,20). The van der Waals surface area contributed by atoms with E-state index in [9.17, 15) is 0 Å². The molecule has 0 saturated heterocycles. The third kappa shape index (κ3) is 2.16. The summed E-state index contributed by atoms with van der Waals surface area (Å²) in [7, 11) is 1.66. The average Bonchev–Trinajstić information content (AvgIpc) is 3.27. The van der Waals surface area contributed by atoms with Gasteiger partial charge >= 0.3 is 0 Å². The number of rotatable bonds is 4. The summed E-state index contributed by atoms with van der Waals surface area (Å²) in [6, 6.07) is 6.53. The van der Waals surface area contributed by atoms with Gasteiger partial charge in [-0.2, -0.15) is 0 Å². The predicted molar refractivity (Wildman–Crippen MR) is 84.6 cm³/mol. The summed E-state index contributed by atoms with van der Waals surface area (Å²) in [5.41, 5.74) is 3.70. The molecule has 22 heavy (non-hydrogen) atoms. The molecule has 112 valence electrons. The zero-order chi connectivity index (χ0) is 15.1. The van der Waals surface area contributed by atoms with E-state index in [1.165, 1.54) is 12.8 Å². The average molecular weight is 295 g/mol. The molecule has 3 aromatic rings. The van der Waals surface area contributed by atoms with Crippen LogP contribution in [0.3, 0.4) is 0 Å². The van der Waals surface area contributed by atoms with Gasteiger partial charge in [-0.05, 0) is 37.5 Å². The van der Waals surface area contributed by atoms with Crippen molar-refractivity contribution in [2.24, 2.45) is 0 Å². The molecule has 0 radical (unpaired) electrons. The normalized spacial score (nSPS) is 14.3. The Balaban J connectivity index is 1.77. The van der Waals surface area contributed by atoms with E-state index in [0.29, 0.717) is 11.9 Å². The Morgan fingerprint density at radius 3 is 2.86 bits per heavy atom. The van der Waals surface area contributed by atoms with Crippen LogP contribution >= 0.6 is 0 Å². The lowest BCUT2D eigenvalue weighted by Gasteiger charge is -2.11. The van der Waals surface area contributed by atoms with Crippen LogP contribution in [0.15, 0.2) is 30.9 Å². The zero-order valence-corrected chi connectivity index (χ0v) is 12.6. The van der Waals surface area contributed by atoms with Crippen LogP contribution in [0, 0.1) is 6.92 Å². The largest absolute Gasteiger partial charge is 0.495 e. The second-order valence-corrected chi connectivity index (χ2v) is 5.61. The summed E-state index contributed by atoms with van der Waals surface area (Å²) in [6.45, 7) is 2.04. The van der Waals surface area contributed by atoms with Crippen molar-refractivity contribution in [3.05, 3.63) is 36.4 Å². The number of fused-ring (bicyclic) bond motifs is 1. The van der Waals surface area contributed by atoms with E-state index in [4.69, 9.17) is 4.74 Å². The summed E-state index contributed by atoms with van der Waals surface area (Å²) in [4.78, 5) is 13.2. The van der Waals surface area contributed by atoms with Crippen LogP contribution < -0.4 is 10.1 Å². The molecule has 2 aromatic heterocycles. The van der Waals surface area contributed by atoms with Crippen LogP contribution in [0.4, 0.5) is 11.5 Å². The molecule has 1 aliphatic rings. The number of methoxy groups -OCH3 is 1. The molecular weight excluding hydrogens is 278 g/mol. The molecule has 1 fully saturated rings. The summed E-state index contributed by atoms with van der Waals surface area (Å²) < 4.78 is 7.54. The Bertz CT molecular complexity index is 838. The zero-order valence-electron chi connectivity index (χ0n) is 12.6. The number of hydrogen-bond acceptors (Lipinski definition) is 5. The van der Waals surface area contributed by atoms with Crippen molar-refractivity contribution in [3.8, 4) is 5.75 Å². The Kier molecular flexibility index (Phi) is 2.96. The first-order chi connectivity index (χ1) is 10.8. The highest BCUT2D eigenvalue weighted by atomic mass is 16.5. The van der Waals surface area contributed by atoms with Crippen LogP contribution in [-0.2, 0) is 0 Å². The molecule has 0 unspecified atom stereocenters. The molecule has 6 nitrogen and oxygen atoms in total. The van der Waals surface area contributed by atoms with E-state index in [1.54, 1.807) is 13.4 Å². The number of aromatic nitrogens is 4. The van der Waals surface area contributed by atoms with Crippen molar-refractivity contribution in [2.45, 2.75) is 25.8 Å². The number of nitrogens with one attached hydrogen (secondary N) is 1. The summed E-state index contributed by atoms with van der Waals surface area (Å²) in [5.74, 6) is 1.48. The Morgan fingerprint density at radius 1 is 1.23 bits per heavy atom. The van der Waals surface area contributed by atoms with Crippen LogP contribution in [0.5, 0.6) is 5.75 Å². The monoisotopic (exact) mass is 295 g/mol. The van der Waals surface area contributed by atoms with E-state index in [0.717, 1.165) is 28.2 Å². The molecule has 2 heterocycles. The van der Waals surface area contributed by atoms with Gasteiger partial charge in [-0.1, -0.05) is 6.07 Å². The quantitative estimate of drug-likeness (QED) is 0.800. The Labute approximate surface area is 128 Å². The van der Waals surface area contributed by atoms with E-state index in [1.807, 2.05) is 31.5 Å². The fraction of sp³-hybridized carbons (Fsp3) is 0.312. The summed E-state index contributed by atoms with van der Waals surface area (Å²) in [6.07, 6.45) is 5.83. The molecular formula is C16H17N5O. The number of anilines is 2. The molecule has 0 atom stereocenters. The van der Waals surface area contributed by atoms with Gasteiger partial charge in [0.25, 0.3) is 0 Å². The molecule has 1 aromatic carbocycles. The van der Waals surface area contributed by atoms with E-state index in [-0.39, 0.29) is 0 Å². The molecule has 0 spiro atoms. The van der Waals surface area contributed by atoms with Gasteiger partial charge in [0.1, 0.15) is 12.1 Å². The first-order valence-electron chi connectivity index (χ1n) is 7.35. The molecule has 0 bridgehead atoms. The number of imidazole rings is 1. The molecule has 1 saturated carbocycles. The molecule has 0 aliphatic heterocycles. The van der Waals surface area contributed by atoms with Crippen molar-refractivity contribution in [3.63, 3.8) is 0 Å². The fourth-order valence-electron chi connectivity index (χ4n) is 2.61. The highest BCUT2D eigenvalue weighted by molar-refractivity contribution is 5.86. The second kappa shape index (κ2) is 4.98. The molecule has 1 N–H and O–H groups in total. The predicted octanol–water partition coefficient (Wildman–Crippen LogP) is 3.22. The van der Waals surface area contributed by atoms with Crippen LogP contribution in [0.2, 0.25) is 0 Å². The number of benzene rings is 1. The van der Waals surface area contributed by atoms with Crippen molar-refractivity contribution in [1.29, 1.82) is 0 Å². The minimum atomic E-state index is 0.543. The third-order valence-corrected chi connectivity index (χ3v) is 3.91. The lowest BCUT2D eigenvalue weighted by Crippen LogP contribution is -2.00. The van der Waals surface area contributed by atoms with Gasteiger partial charge < -0.3 is 14.6 Å². The van der Waals surface area contributed by atoms with Gasteiger partial charge in [-0.25, -0.2) is 15.0 Å². The lowest BCUT2D eigenvalue weighted by molar-refractivity contribution is 0.416. The van der Waals surface area contributed by atoms with Gasteiger partial charge in [-0.3, -0.25) is 0 Å². The summed E-state index contributed by atoms with van der Waals surface area (Å²) >= 11 is 0. The van der Waals surface area contributed by atoms with Crippen molar-refractivity contribution in [2.75, 3.05) is 12.4 Å². The molecule has 0 amide bonds. The minimum absolute atomic E-state index is 0.543. The number of aryl methyl sites for hydroxylation is 1. The summed E-state index contributed by atoms with van der Waals surface area (Å²) in [5, 5.41) is 3.33. The fourth-order valence-corrected chi connectivity index (χ4v) is 2.61. The molecule has 6 heteroatoms.